The number of nitrogens with zero attached hydrogens (tertiary/aromatic N) is 1. The van der Waals surface area contributed by atoms with Crippen molar-refractivity contribution in [2.75, 3.05) is 13.2 Å². The summed E-state index contributed by atoms with van der Waals surface area (Å²) in [6.45, 7) is 6.64. The van der Waals surface area contributed by atoms with Crippen molar-refractivity contribution >= 4 is 82.8 Å². The summed E-state index contributed by atoms with van der Waals surface area (Å²) in [5, 5.41) is 0. The average molecular weight is 1030 g/mol. The average Bonchev–Trinajstić information content (AvgIpc) is 4.02. The molecule has 0 aromatic heterocycles. The number of carbonyl (C=O) groups excluding carboxylic acids is 7. The van der Waals surface area contributed by atoms with Gasteiger partial charge in [0.1, 0.15) is 47.5 Å². The van der Waals surface area contributed by atoms with Gasteiger partial charge in [-0.05, 0) is 139 Å². The highest BCUT2D eigenvalue weighted by Gasteiger charge is 2.40. The van der Waals surface area contributed by atoms with Crippen molar-refractivity contribution in [1.82, 2.24) is 0 Å². The molecule has 14 nitrogen and oxygen atoms in total. The quantitative estimate of drug-likeness (QED) is 0.0478. The van der Waals surface area contributed by atoms with E-state index in [1.807, 2.05) is 30.3 Å². The third kappa shape index (κ3) is 13.7. The number of rotatable bonds is 17. The second-order valence-corrected chi connectivity index (χ2v) is 22.2. The molecule has 2 heterocycles. The van der Waals surface area contributed by atoms with E-state index in [1.165, 1.54) is 23.5 Å². The number of hydrogen-bond donors (Lipinski definition) is 0. The van der Waals surface area contributed by atoms with E-state index in [-0.39, 0.29) is 79.8 Å². The maximum atomic E-state index is 13.9. The number of thioether (sulfide) groups is 2. The van der Waals surface area contributed by atoms with Gasteiger partial charge < -0.3 is 28.4 Å². The number of allylic oxidation sites excluding steroid dienone is 1. The van der Waals surface area contributed by atoms with Crippen LogP contribution in [0.25, 0.3) is 0 Å². The van der Waals surface area contributed by atoms with Crippen LogP contribution in [0, 0.1) is 35.5 Å². The molecule has 0 atom stereocenters. The summed E-state index contributed by atoms with van der Waals surface area (Å²) in [6.07, 6.45) is 15.2. The lowest BCUT2D eigenvalue weighted by molar-refractivity contribution is -0.155. The lowest BCUT2D eigenvalue weighted by atomic mass is 9.70. The third-order valence-corrected chi connectivity index (χ3v) is 18.5. The van der Waals surface area contributed by atoms with Crippen molar-refractivity contribution in [2.24, 2.45) is 39.9 Å². The van der Waals surface area contributed by atoms with E-state index in [0.29, 0.717) is 85.5 Å². The number of carbonyl (C=O) groups is 7. The van der Waals surface area contributed by atoms with E-state index in [4.69, 9.17) is 28.4 Å². The summed E-state index contributed by atoms with van der Waals surface area (Å²) in [5.74, 6) is -0.546. The topological polar surface area (TPSA) is 187 Å². The highest BCUT2D eigenvalue weighted by Crippen LogP contribution is 2.61. The number of fused-ring (bicyclic) bond motifs is 1. The summed E-state index contributed by atoms with van der Waals surface area (Å²) >= 11 is 3.80. The van der Waals surface area contributed by atoms with Crippen LogP contribution < -0.4 is 9.47 Å². The van der Waals surface area contributed by atoms with Crippen molar-refractivity contribution in [3.63, 3.8) is 0 Å². The second-order valence-electron chi connectivity index (χ2n) is 19.1. The molecule has 6 aliphatic rings. The molecular weight excluding hydrogens is 967 g/mol. The van der Waals surface area contributed by atoms with Gasteiger partial charge in [0.2, 0.25) is 5.78 Å². The molecule has 378 valence electrons. The molecule has 2 aromatic carbocycles. The lowest BCUT2D eigenvalue weighted by Crippen LogP contribution is -2.32. The third-order valence-electron chi connectivity index (χ3n) is 14.7. The molecule has 4 aliphatic carbocycles. The number of esters is 6. The number of Topliss-reactive ketones (excluding diaryl/α,β-unsaturated/α-hetero) is 1. The highest BCUT2D eigenvalue weighted by atomic mass is 32.2. The maximum absolute atomic E-state index is 13.9. The number of benzene rings is 2. The first-order valence-corrected chi connectivity index (χ1v) is 27.4. The number of ketones is 1. The van der Waals surface area contributed by atoms with Crippen molar-refractivity contribution in [2.45, 2.75) is 138 Å². The van der Waals surface area contributed by atoms with E-state index < -0.39 is 11.9 Å². The van der Waals surface area contributed by atoms with E-state index >= 15 is 0 Å². The Balaban J connectivity index is 0.850. The number of hydrogen-bond acceptors (Lipinski definition) is 17. The molecule has 4 saturated carbocycles. The molecule has 2 aromatic rings. The molecule has 0 N–H and O–H groups in total. The first kappa shape index (κ1) is 52.2. The van der Waals surface area contributed by atoms with Gasteiger partial charge >= 0.3 is 35.8 Å². The molecule has 2 aliphatic heterocycles. The molecule has 0 radical (unpaired) electrons. The lowest BCUT2D eigenvalue weighted by Gasteiger charge is -2.37. The zero-order valence-electron chi connectivity index (χ0n) is 39.9. The SMILES string of the molecule is C=CC(=O)OCCC(=O)OC1CCC(C2CCC(C(=O)Oc3ccc(OC(=O)C4CCC(C5CCC(OC(=O)CCOC(=O)C=C)CC5)CC4)c4c3SC(=C3SN=C(c5ccccc5)C3=O)S4)CC2)CC1. The minimum absolute atomic E-state index is 0.0114. The molecule has 0 saturated heterocycles. The summed E-state index contributed by atoms with van der Waals surface area (Å²) < 4.78 is 38.8. The van der Waals surface area contributed by atoms with Crippen LogP contribution in [0.3, 0.4) is 0 Å². The first-order chi connectivity index (χ1) is 34.5. The summed E-state index contributed by atoms with van der Waals surface area (Å²) in [7, 11) is 0. The predicted octanol–water partition coefficient (Wildman–Crippen LogP) is 10.6. The number of ether oxygens (including phenoxy) is 6. The van der Waals surface area contributed by atoms with Crippen LogP contribution in [0.15, 0.2) is 91.1 Å². The Morgan fingerprint density at radius 2 is 0.972 bits per heavy atom. The van der Waals surface area contributed by atoms with Crippen molar-refractivity contribution in [3.05, 3.63) is 82.5 Å². The molecule has 0 spiro atoms. The summed E-state index contributed by atoms with van der Waals surface area (Å²) in [5.41, 5.74) is 1.10. The van der Waals surface area contributed by atoms with Crippen LogP contribution in [-0.2, 0) is 52.5 Å². The van der Waals surface area contributed by atoms with Gasteiger partial charge in [0.05, 0.1) is 38.7 Å². The molecule has 71 heavy (non-hydrogen) atoms. The fraction of sp³-hybridized carbons (Fsp3) is 0.519. The van der Waals surface area contributed by atoms with Gasteiger partial charge in [0.15, 0.2) is 0 Å². The molecule has 17 heteroatoms. The van der Waals surface area contributed by atoms with Crippen molar-refractivity contribution in [3.8, 4) is 11.5 Å². The summed E-state index contributed by atoms with van der Waals surface area (Å²) in [6, 6.07) is 12.7. The molecule has 0 bridgehead atoms. The smallest absolute Gasteiger partial charge is 0.330 e. The van der Waals surface area contributed by atoms with Gasteiger partial charge in [-0.15, -0.1) is 0 Å². The highest BCUT2D eigenvalue weighted by molar-refractivity contribution is 8.25. The Morgan fingerprint density at radius 1 is 0.563 bits per heavy atom. The van der Waals surface area contributed by atoms with Gasteiger partial charge in [0.25, 0.3) is 0 Å². The van der Waals surface area contributed by atoms with Crippen molar-refractivity contribution in [1.29, 1.82) is 0 Å². The van der Waals surface area contributed by atoms with Crippen LogP contribution in [-0.4, -0.2) is 72.7 Å². The fourth-order valence-corrected chi connectivity index (χ4v) is 14.4. The molecular formula is C54H61NO13S3. The van der Waals surface area contributed by atoms with Gasteiger partial charge in [-0.2, -0.15) is 0 Å². The van der Waals surface area contributed by atoms with Crippen LogP contribution in [0.2, 0.25) is 0 Å². The van der Waals surface area contributed by atoms with E-state index in [0.717, 1.165) is 107 Å². The Kier molecular flexibility index (Phi) is 18.4. The standard InChI is InChI=1S/C54H61NO13S3/c1-3-43(56)63-30-28-45(58)65-39-22-18-34(19-23-39)32-10-14-37(15-11-32)52(61)67-41-26-27-42(50-49(41)69-54(70-50)51-48(60)47(55-71-51)36-8-6-5-7-9-36)68-53(62)38-16-12-33(13-17-38)35-20-24-40(25-21-35)66-46(59)29-31-64-44(57)4-2/h3-9,26-27,32-35,37-40H,1-2,10-25,28-31H2. The molecule has 4 fully saturated rings. The Morgan fingerprint density at radius 3 is 1.38 bits per heavy atom. The van der Waals surface area contributed by atoms with Gasteiger partial charge in [-0.3, -0.25) is 24.0 Å². The fourth-order valence-electron chi connectivity index (χ4n) is 10.8. The van der Waals surface area contributed by atoms with E-state index in [9.17, 15) is 33.6 Å². The minimum atomic E-state index is -0.568. The normalized spacial score (nSPS) is 26.3. The van der Waals surface area contributed by atoms with Gasteiger partial charge in [-0.1, -0.05) is 67.0 Å². The monoisotopic (exact) mass is 1030 g/mol. The minimum Gasteiger partial charge on any atom is -0.462 e. The van der Waals surface area contributed by atoms with Crippen LogP contribution in [0.1, 0.15) is 121 Å². The Bertz CT molecular complexity index is 2280. The largest absolute Gasteiger partial charge is 0.462 e. The molecule has 0 amide bonds. The second kappa shape index (κ2) is 25.0. The van der Waals surface area contributed by atoms with Gasteiger partial charge in [0, 0.05) is 29.7 Å². The zero-order valence-corrected chi connectivity index (χ0v) is 42.3. The Hall–Kier alpha value is -5.13. The Labute approximate surface area is 427 Å². The zero-order chi connectivity index (χ0) is 49.9. The van der Waals surface area contributed by atoms with E-state index in [1.54, 1.807) is 12.1 Å². The van der Waals surface area contributed by atoms with E-state index in [2.05, 4.69) is 17.6 Å². The van der Waals surface area contributed by atoms with Gasteiger partial charge in [-0.25, -0.2) is 14.0 Å². The summed E-state index contributed by atoms with van der Waals surface area (Å²) in [4.78, 5) is 90.5. The first-order valence-electron chi connectivity index (χ1n) is 25.0. The van der Waals surface area contributed by atoms with Crippen LogP contribution >= 0.6 is 35.5 Å². The maximum Gasteiger partial charge on any atom is 0.330 e. The van der Waals surface area contributed by atoms with Crippen LogP contribution in [0.4, 0.5) is 0 Å². The van der Waals surface area contributed by atoms with Crippen LogP contribution in [0.5, 0.6) is 11.5 Å². The van der Waals surface area contributed by atoms with Crippen molar-refractivity contribution < 1.29 is 62.0 Å². The molecule has 0 unspecified atom stereocenters. The molecule has 8 rings (SSSR count). The predicted molar refractivity (Wildman–Crippen MR) is 268 cm³/mol.